The molecule has 1 heterocycles. The summed E-state index contributed by atoms with van der Waals surface area (Å²) < 4.78 is 16.5. The van der Waals surface area contributed by atoms with Crippen LogP contribution in [0.4, 0.5) is 0 Å². The average Bonchev–Trinajstić information content (AvgIpc) is 3.00. The van der Waals surface area contributed by atoms with Crippen LogP contribution in [0.3, 0.4) is 0 Å². The Labute approximate surface area is 183 Å². The molecule has 1 aliphatic heterocycles. The second-order valence-electron chi connectivity index (χ2n) is 7.78. The van der Waals surface area contributed by atoms with Gasteiger partial charge in [-0.1, -0.05) is 42.0 Å². The number of hydrogen-bond acceptors (Lipinski definition) is 5. The molecule has 160 valence electrons. The molecular formula is C26H27NO4. The highest BCUT2D eigenvalue weighted by atomic mass is 16.5. The number of aryl methyl sites for hydroxylation is 1. The maximum atomic E-state index is 11.7. The summed E-state index contributed by atoms with van der Waals surface area (Å²) in [5, 5.41) is 0. The second kappa shape index (κ2) is 9.23. The van der Waals surface area contributed by atoms with Crippen LogP contribution in [-0.4, -0.2) is 38.2 Å². The average molecular weight is 418 g/mol. The Kier molecular flexibility index (Phi) is 6.23. The maximum Gasteiger partial charge on any atom is 0.337 e. The molecule has 0 fully saturated rings. The molecule has 0 amide bonds. The summed E-state index contributed by atoms with van der Waals surface area (Å²) in [7, 11) is 3.08. The van der Waals surface area contributed by atoms with Crippen molar-refractivity contribution in [1.82, 2.24) is 4.90 Å². The molecule has 3 aromatic carbocycles. The van der Waals surface area contributed by atoms with Gasteiger partial charge in [-0.25, -0.2) is 4.79 Å². The van der Waals surface area contributed by atoms with E-state index in [0.29, 0.717) is 12.2 Å². The van der Waals surface area contributed by atoms with Crippen molar-refractivity contribution < 1.29 is 19.0 Å². The van der Waals surface area contributed by atoms with E-state index >= 15 is 0 Å². The zero-order valence-corrected chi connectivity index (χ0v) is 18.2. The zero-order valence-electron chi connectivity index (χ0n) is 18.2. The lowest BCUT2D eigenvalue weighted by Gasteiger charge is -2.20. The van der Waals surface area contributed by atoms with Gasteiger partial charge in [0.05, 0.1) is 19.8 Å². The predicted molar refractivity (Wildman–Crippen MR) is 121 cm³/mol. The van der Waals surface area contributed by atoms with Gasteiger partial charge in [-0.05, 0) is 47.9 Å². The van der Waals surface area contributed by atoms with E-state index in [-0.39, 0.29) is 5.97 Å². The van der Waals surface area contributed by atoms with Gasteiger partial charge >= 0.3 is 5.97 Å². The summed E-state index contributed by atoms with van der Waals surface area (Å²) in [6.45, 7) is 5.00. The van der Waals surface area contributed by atoms with Gasteiger partial charge in [-0.3, -0.25) is 4.90 Å². The van der Waals surface area contributed by atoms with Crippen molar-refractivity contribution >= 4 is 5.97 Å². The molecule has 0 N–H and O–H groups in total. The number of nitrogens with zero attached hydrogens (tertiary/aromatic N) is 1. The Morgan fingerprint density at radius 1 is 1.00 bits per heavy atom. The summed E-state index contributed by atoms with van der Waals surface area (Å²) in [5.74, 6) is 1.26. The first-order valence-electron chi connectivity index (χ1n) is 10.4. The standard InChI is InChI=1S/C26H27NO4/c1-18-4-8-20(9-5-18)22-14-23-17-27(12-13-31-25(23)24(15-22)29-2)16-19-6-10-21(11-7-19)26(28)30-3/h4-11,14-15H,12-13,16-17H2,1-3H3. The van der Waals surface area contributed by atoms with Gasteiger partial charge in [0.1, 0.15) is 6.61 Å². The van der Waals surface area contributed by atoms with E-state index in [4.69, 9.17) is 14.2 Å². The molecule has 0 aliphatic carbocycles. The SMILES string of the molecule is COC(=O)c1ccc(CN2CCOc3c(cc(-c4ccc(C)cc4)cc3OC)C2)cc1. The van der Waals surface area contributed by atoms with Gasteiger partial charge in [-0.15, -0.1) is 0 Å². The van der Waals surface area contributed by atoms with Crippen molar-refractivity contribution in [2.24, 2.45) is 0 Å². The number of hydrogen-bond donors (Lipinski definition) is 0. The summed E-state index contributed by atoms with van der Waals surface area (Å²) in [6.07, 6.45) is 0. The zero-order chi connectivity index (χ0) is 21.8. The summed E-state index contributed by atoms with van der Waals surface area (Å²) in [5.41, 5.74) is 6.31. The van der Waals surface area contributed by atoms with Crippen molar-refractivity contribution in [3.05, 3.63) is 82.9 Å². The number of methoxy groups -OCH3 is 2. The Hall–Kier alpha value is -3.31. The molecule has 0 saturated heterocycles. The summed E-state index contributed by atoms with van der Waals surface area (Å²) >= 11 is 0. The molecule has 0 atom stereocenters. The van der Waals surface area contributed by atoms with Crippen LogP contribution in [0.2, 0.25) is 0 Å². The van der Waals surface area contributed by atoms with Gasteiger partial charge in [0.15, 0.2) is 11.5 Å². The van der Waals surface area contributed by atoms with Crippen LogP contribution in [0.25, 0.3) is 11.1 Å². The van der Waals surface area contributed by atoms with E-state index in [0.717, 1.165) is 53.4 Å². The molecule has 0 radical (unpaired) electrons. The van der Waals surface area contributed by atoms with Crippen molar-refractivity contribution in [2.45, 2.75) is 20.0 Å². The minimum absolute atomic E-state index is 0.320. The van der Waals surface area contributed by atoms with Crippen LogP contribution in [0.15, 0.2) is 60.7 Å². The maximum absolute atomic E-state index is 11.7. The van der Waals surface area contributed by atoms with Crippen molar-refractivity contribution in [3.8, 4) is 22.6 Å². The molecule has 5 heteroatoms. The molecule has 0 saturated carbocycles. The molecule has 0 spiro atoms. The van der Waals surface area contributed by atoms with Gasteiger partial charge in [0.2, 0.25) is 0 Å². The monoisotopic (exact) mass is 417 g/mol. The van der Waals surface area contributed by atoms with Crippen LogP contribution >= 0.6 is 0 Å². The first-order valence-corrected chi connectivity index (χ1v) is 10.4. The molecule has 3 aromatic rings. The van der Waals surface area contributed by atoms with Crippen molar-refractivity contribution in [1.29, 1.82) is 0 Å². The Morgan fingerprint density at radius 2 is 1.74 bits per heavy atom. The first kappa shape index (κ1) is 20.9. The number of benzene rings is 3. The first-order chi connectivity index (χ1) is 15.1. The van der Waals surface area contributed by atoms with Crippen molar-refractivity contribution in [3.63, 3.8) is 0 Å². The number of carbonyl (C=O) groups is 1. The lowest BCUT2D eigenvalue weighted by Crippen LogP contribution is -2.25. The van der Waals surface area contributed by atoms with E-state index in [2.05, 4.69) is 42.2 Å². The third-order valence-electron chi connectivity index (χ3n) is 5.57. The van der Waals surface area contributed by atoms with E-state index in [1.807, 2.05) is 30.3 Å². The Bertz CT molecular complexity index is 1060. The Balaban J connectivity index is 1.59. The predicted octanol–water partition coefficient (Wildman–Crippen LogP) is 4.85. The number of ether oxygens (including phenoxy) is 3. The topological polar surface area (TPSA) is 48.0 Å². The summed E-state index contributed by atoms with van der Waals surface area (Å²) in [4.78, 5) is 14.0. The van der Waals surface area contributed by atoms with E-state index in [1.54, 1.807) is 7.11 Å². The molecule has 0 unspecified atom stereocenters. The number of rotatable bonds is 5. The fraction of sp³-hybridized carbons (Fsp3) is 0.269. The number of fused-ring (bicyclic) bond motifs is 1. The van der Waals surface area contributed by atoms with Crippen molar-refractivity contribution in [2.75, 3.05) is 27.4 Å². The largest absolute Gasteiger partial charge is 0.493 e. The third-order valence-corrected chi connectivity index (χ3v) is 5.57. The third kappa shape index (κ3) is 4.72. The smallest absolute Gasteiger partial charge is 0.337 e. The quantitative estimate of drug-likeness (QED) is 0.556. The normalized spacial score (nSPS) is 13.6. The summed E-state index contributed by atoms with van der Waals surface area (Å²) in [6, 6.07) is 20.3. The molecule has 0 bridgehead atoms. The van der Waals surface area contributed by atoms with Gasteiger partial charge in [-0.2, -0.15) is 0 Å². The van der Waals surface area contributed by atoms with Crippen LogP contribution < -0.4 is 9.47 Å². The Morgan fingerprint density at radius 3 is 2.42 bits per heavy atom. The van der Waals surface area contributed by atoms with Gasteiger partial charge in [0.25, 0.3) is 0 Å². The van der Waals surface area contributed by atoms with Crippen LogP contribution in [-0.2, 0) is 17.8 Å². The van der Waals surface area contributed by atoms with Crippen LogP contribution in [0.5, 0.6) is 11.5 Å². The fourth-order valence-corrected chi connectivity index (χ4v) is 3.86. The van der Waals surface area contributed by atoms with Gasteiger partial charge in [0, 0.05) is 25.2 Å². The number of carbonyl (C=O) groups excluding carboxylic acids is 1. The molecule has 1 aliphatic rings. The van der Waals surface area contributed by atoms with E-state index in [9.17, 15) is 4.79 Å². The lowest BCUT2D eigenvalue weighted by atomic mass is 10.0. The molecule has 4 rings (SSSR count). The minimum atomic E-state index is -0.320. The molecular weight excluding hydrogens is 390 g/mol. The highest BCUT2D eigenvalue weighted by Gasteiger charge is 2.21. The highest BCUT2D eigenvalue weighted by molar-refractivity contribution is 5.89. The van der Waals surface area contributed by atoms with E-state index in [1.165, 1.54) is 12.7 Å². The fourth-order valence-electron chi connectivity index (χ4n) is 3.86. The highest BCUT2D eigenvalue weighted by Crippen LogP contribution is 2.38. The molecule has 31 heavy (non-hydrogen) atoms. The molecule has 5 nitrogen and oxygen atoms in total. The lowest BCUT2D eigenvalue weighted by molar-refractivity contribution is 0.0600. The second-order valence-corrected chi connectivity index (χ2v) is 7.78. The number of esters is 1. The van der Waals surface area contributed by atoms with Crippen LogP contribution in [0.1, 0.15) is 27.0 Å². The molecule has 0 aromatic heterocycles. The van der Waals surface area contributed by atoms with E-state index < -0.39 is 0 Å². The van der Waals surface area contributed by atoms with Gasteiger partial charge < -0.3 is 14.2 Å². The van der Waals surface area contributed by atoms with Crippen LogP contribution in [0, 0.1) is 6.92 Å². The minimum Gasteiger partial charge on any atom is -0.493 e.